The Bertz CT molecular complexity index is 1150. The quantitative estimate of drug-likeness (QED) is 0.773. The Morgan fingerprint density at radius 3 is 2.68 bits per heavy atom. The number of carbonyl (C=O) groups excluding carboxylic acids is 2. The van der Waals surface area contributed by atoms with Crippen molar-refractivity contribution in [2.45, 2.75) is 26.5 Å². The first-order valence-corrected chi connectivity index (χ1v) is 9.87. The summed E-state index contributed by atoms with van der Waals surface area (Å²) in [4.78, 5) is 40.7. The summed E-state index contributed by atoms with van der Waals surface area (Å²) in [6.07, 6.45) is -0.597. The molecule has 0 aliphatic carbocycles. The second-order valence-corrected chi connectivity index (χ2v) is 7.51. The van der Waals surface area contributed by atoms with Gasteiger partial charge in [0.25, 0.3) is 11.8 Å². The van der Waals surface area contributed by atoms with Crippen LogP contribution in [0, 0.1) is 18.6 Å². The lowest BCUT2D eigenvalue weighted by atomic mass is 10.0. The van der Waals surface area contributed by atoms with E-state index >= 15 is 0 Å². The maximum Gasteiger partial charge on any atom is 0.274 e. The Labute approximate surface area is 177 Å². The molecule has 1 aromatic heterocycles. The molecule has 2 aliphatic heterocycles. The normalized spacial score (nSPS) is 17.2. The minimum absolute atomic E-state index is 0.0830. The first-order valence-electron chi connectivity index (χ1n) is 9.87. The first-order chi connectivity index (χ1) is 14.8. The number of nitrogens with zero attached hydrogens (tertiary/aromatic N) is 3. The molecule has 2 amide bonds. The number of rotatable bonds is 5. The Hall–Kier alpha value is -3.27. The Morgan fingerprint density at radius 2 is 2.03 bits per heavy atom. The maximum absolute atomic E-state index is 13.9. The lowest BCUT2D eigenvalue weighted by Crippen LogP contribution is -2.53. The van der Waals surface area contributed by atoms with Crippen molar-refractivity contribution >= 4 is 11.8 Å². The molecule has 0 saturated heterocycles. The lowest BCUT2D eigenvalue weighted by Gasteiger charge is -2.37. The minimum Gasteiger partial charge on any atom is -0.373 e. The van der Waals surface area contributed by atoms with Crippen LogP contribution in [0.5, 0.6) is 0 Å². The number of aromatic nitrogens is 1. The van der Waals surface area contributed by atoms with Crippen LogP contribution in [0.25, 0.3) is 0 Å². The molecule has 1 N–H and O–H groups in total. The van der Waals surface area contributed by atoms with E-state index in [2.05, 4.69) is 5.32 Å². The van der Waals surface area contributed by atoms with Gasteiger partial charge in [-0.3, -0.25) is 24.1 Å². The second-order valence-electron chi connectivity index (χ2n) is 7.51. The van der Waals surface area contributed by atoms with E-state index in [1.165, 1.54) is 20.1 Å². The molecule has 2 aliphatic rings. The van der Waals surface area contributed by atoms with Gasteiger partial charge in [0.2, 0.25) is 0 Å². The lowest BCUT2D eigenvalue weighted by molar-refractivity contribution is 0.0701. The summed E-state index contributed by atoms with van der Waals surface area (Å²) in [6, 6.07) is 3.04. The Kier molecular flexibility index (Phi) is 5.26. The van der Waals surface area contributed by atoms with Crippen LogP contribution >= 0.6 is 0 Å². The molecule has 0 fully saturated rings. The molecule has 0 radical (unpaired) electrons. The van der Waals surface area contributed by atoms with Gasteiger partial charge < -0.3 is 15.0 Å². The van der Waals surface area contributed by atoms with Crippen molar-refractivity contribution in [1.29, 1.82) is 0 Å². The average molecular weight is 432 g/mol. The molecule has 2 aromatic rings. The van der Waals surface area contributed by atoms with Gasteiger partial charge in [-0.25, -0.2) is 8.78 Å². The number of methoxy groups -OCH3 is 1. The summed E-state index contributed by atoms with van der Waals surface area (Å²) < 4.78 is 34.2. The number of benzene rings is 1. The van der Waals surface area contributed by atoms with E-state index in [9.17, 15) is 23.2 Å². The van der Waals surface area contributed by atoms with E-state index in [1.54, 1.807) is 9.58 Å². The van der Waals surface area contributed by atoms with Crippen molar-refractivity contribution in [2.75, 3.05) is 31.9 Å². The topological polar surface area (TPSA) is 83.9 Å². The summed E-state index contributed by atoms with van der Waals surface area (Å²) in [6.45, 7) is 4.28. The van der Waals surface area contributed by atoms with Crippen LogP contribution in [0.3, 0.4) is 0 Å². The predicted octanol–water partition coefficient (Wildman–Crippen LogP) is 1.44. The van der Waals surface area contributed by atoms with Crippen molar-refractivity contribution in [3.63, 3.8) is 0 Å². The molecule has 0 saturated carbocycles. The van der Waals surface area contributed by atoms with Crippen molar-refractivity contribution in [3.05, 3.63) is 68.1 Å². The highest BCUT2D eigenvalue weighted by atomic mass is 19.1. The van der Waals surface area contributed by atoms with Gasteiger partial charge in [0.05, 0.1) is 12.2 Å². The van der Waals surface area contributed by atoms with Crippen LogP contribution in [-0.2, 0) is 11.3 Å². The van der Waals surface area contributed by atoms with Gasteiger partial charge in [-0.1, -0.05) is 6.07 Å². The third-order valence-electron chi connectivity index (χ3n) is 5.75. The fourth-order valence-electron chi connectivity index (χ4n) is 4.11. The number of carbonyl (C=O) groups is 2. The number of hydrogen-bond donors (Lipinski definition) is 1. The SMILES string of the molecule is CCN1CN2CC(OC)c3c(C(=O)NCc4ccc(F)cc4F)c(=O)c(C)c(n32)C1=O. The number of halogens is 2. The predicted molar refractivity (Wildman–Crippen MR) is 107 cm³/mol. The molecule has 10 heteroatoms. The minimum atomic E-state index is -0.797. The molecular weight excluding hydrogens is 410 g/mol. The zero-order chi connectivity index (χ0) is 22.4. The third-order valence-corrected chi connectivity index (χ3v) is 5.75. The zero-order valence-electron chi connectivity index (χ0n) is 17.4. The van der Waals surface area contributed by atoms with Gasteiger partial charge in [-0.05, 0) is 19.9 Å². The number of ether oxygens (including phenoxy) is 1. The van der Waals surface area contributed by atoms with Crippen molar-refractivity contribution < 1.29 is 23.1 Å². The number of pyridine rings is 1. The molecule has 164 valence electrons. The Morgan fingerprint density at radius 1 is 1.29 bits per heavy atom. The van der Waals surface area contributed by atoms with Gasteiger partial charge in [-0.2, -0.15) is 0 Å². The second kappa shape index (κ2) is 7.77. The average Bonchev–Trinajstić information content (AvgIpc) is 3.10. The summed E-state index contributed by atoms with van der Waals surface area (Å²) in [5.41, 5.74) is 0.0406. The zero-order valence-corrected chi connectivity index (χ0v) is 17.4. The molecule has 0 spiro atoms. The van der Waals surface area contributed by atoms with Crippen LogP contribution in [0.4, 0.5) is 8.78 Å². The van der Waals surface area contributed by atoms with Gasteiger partial charge >= 0.3 is 0 Å². The molecule has 3 heterocycles. The van der Waals surface area contributed by atoms with Gasteiger partial charge in [0.15, 0.2) is 5.43 Å². The number of amides is 2. The highest BCUT2D eigenvalue weighted by molar-refractivity contribution is 5.99. The van der Waals surface area contributed by atoms with E-state index in [4.69, 9.17) is 4.74 Å². The molecular formula is C21H22F2N4O4. The summed E-state index contributed by atoms with van der Waals surface area (Å²) in [7, 11) is 1.47. The van der Waals surface area contributed by atoms with Crippen LogP contribution in [0.2, 0.25) is 0 Å². The monoisotopic (exact) mass is 432 g/mol. The smallest absolute Gasteiger partial charge is 0.274 e. The van der Waals surface area contributed by atoms with E-state index in [-0.39, 0.29) is 34.8 Å². The van der Waals surface area contributed by atoms with E-state index in [1.807, 2.05) is 11.9 Å². The van der Waals surface area contributed by atoms with Crippen molar-refractivity contribution in [1.82, 2.24) is 14.9 Å². The first kappa shape index (κ1) is 21.0. The highest BCUT2D eigenvalue weighted by Crippen LogP contribution is 2.32. The van der Waals surface area contributed by atoms with Gasteiger partial charge in [-0.15, -0.1) is 0 Å². The summed E-state index contributed by atoms with van der Waals surface area (Å²) in [5, 5.41) is 4.39. The van der Waals surface area contributed by atoms with Crippen LogP contribution in [0.1, 0.15) is 50.7 Å². The van der Waals surface area contributed by atoms with Gasteiger partial charge in [0, 0.05) is 37.4 Å². The number of nitrogens with one attached hydrogen (secondary N) is 1. The van der Waals surface area contributed by atoms with E-state index in [0.717, 1.165) is 12.1 Å². The fraction of sp³-hybridized carbons (Fsp3) is 0.381. The largest absolute Gasteiger partial charge is 0.373 e. The molecule has 1 atom stereocenters. The third kappa shape index (κ3) is 3.27. The molecule has 1 aromatic carbocycles. The molecule has 31 heavy (non-hydrogen) atoms. The van der Waals surface area contributed by atoms with E-state index < -0.39 is 29.1 Å². The molecule has 0 bridgehead atoms. The maximum atomic E-state index is 13.9. The summed E-state index contributed by atoms with van der Waals surface area (Å²) in [5.74, 6) is -2.52. The molecule has 4 rings (SSSR count). The van der Waals surface area contributed by atoms with Crippen LogP contribution < -0.4 is 15.8 Å². The highest BCUT2D eigenvalue weighted by Gasteiger charge is 2.42. The Balaban J connectivity index is 1.77. The fourth-order valence-corrected chi connectivity index (χ4v) is 4.11. The van der Waals surface area contributed by atoms with Crippen molar-refractivity contribution in [3.8, 4) is 0 Å². The molecule has 8 nitrogen and oxygen atoms in total. The molecule has 1 unspecified atom stereocenters. The van der Waals surface area contributed by atoms with Crippen molar-refractivity contribution in [2.24, 2.45) is 0 Å². The van der Waals surface area contributed by atoms with Crippen LogP contribution in [0.15, 0.2) is 23.0 Å². The standard InChI is InChI=1S/C21H22F2N4O4/c1-4-25-10-26-9-15(31-3)18-16(19(28)11(2)17(21(25)30)27(18)26)20(29)24-8-12-5-6-13(22)7-14(12)23/h5-7,15H,4,8-10H2,1-3H3,(H,24,29). The number of hydrogen-bond acceptors (Lipinski definition) is 5. The van der Waals surface area contributed by atoms with E-state index in [0.29, 0.717) is 25.5 Å². The van der Waals surface area contributed by atoms with Crippen LogP contribution in [-0.4, -0.2) is 48.3 Å². The van der Waals surface area contributed by atoms with Gasteiger partial charge in [0.1, 0.15) is 35.7 Å². The summed E-state index contributed by atoms with van der Waals surface area (Å²) >= 11 is 0.